The molecule has 5 N–H and O–H groups in total. The van der Waals surface area contributed by atoms with E-state index < -0.39 is 11.9 Å². The molecule has 0 aromatic carbocycles. The van der Waals surface area contributed by atoms with Crippen LogP contribution in [0.4, 0.5) is 0 Å². The smallest absolute Gasteiger partial charge is 0.307 e. The summed E-state index contributed by atoms with van der Waals surface area (Å²) in [5, 5.41) is 25.9. The number of allylic oxidation sites excluding steroid dienone is 2. The van der Waals surface area contributed by atoms with E-state index in [-0.39, 0.29) is 24.9 Å². The van der Waals surface area contributed by atoms with E-state index in [9.17, 15) is 14.7 Å². The topological polar surface area (TPSA) is 121 Å². The Hall–Kier alpha value is -1.40. The van der Waals surface area contributed by atoms with Crippen molar-refractivity contribution in [2.45, 2.75) is 90.4 Å². The van der Waals surface area contributed by atoms with Crippen molar-refractivity contribution < 1.29 is 24.9 Å². The van der Waals surface area contributed by atoms with E-state index in [4.69, 9.17) is 15.9 Å². The minimum absolute atomic E-state index is 0.0972. The van der Waals surface area contributed by atoms with Crippen molar-refractivity contribution in [3.8, 4) is 0 Å². The first-order chi connectivity index (χ1) is 14.0. The van der Waals surface area contributed by atoms with Crippen LogP contribution in [0, 0.1) is 17.8 Å². The van der Waals surface area contributed by atoms with Crippen LogP contribution in [0.25, 0.3) is 0 Å². The van der Waals surface area contributed by atoms with Crippen molar-refractivity contribution in [1.82, 2.24) is 0 Å². The zero-order chi connectivity index (χ0) is 21.9. The largest absolute Gasteiger partial charge is 0.481 e. The summed E-state index contributed by atoms with van der Waals surface area (Å²) in [4.78, 5) is 22.1. The summed E-state index contributed by atoms with van der Waals surface area (Å²) in [6, 6.07) is 0. The fourth-order valence-electron chi connectivity index (χ4n) is 3.83. The lowest BCUT2D eigenvalue weighted by atomic mass is 9.75. The van der Waals surface area contributed by atoms with Crippen LogP contribution in [0.2, 0.25) is 0 Å². The maximum absolute atomic E-state index is 11.6. The molecule has 0 aromatic heterocycles. The highest BCUT2D eigenvalue weighted by Gasteiger charge is 2.31. The van der Waals surface area contributed by atoms with Gasteiger partial charge in [-0.1, -0.05) is 70.4 Å². The van der Waals surface area contributed by atoms with Crippen molar-refractivity contribution >= 4 is 11.9 Å². The third-order valence-corrected chi connectivity index (χ3v) is 5.51. The highest BCUT2D eigenvalue weighted by atomic mass is 16.4. The summed E-state index contributed by atoms with van der Waals surface area (Å²) in [5.74, 6) is -0.958. The molecule has 0 bridgehead atoms. The third kappa shape index (κ3) is 15.1. The summed E-state index contributed by atoms with van der Waals surface area (Å²) >= 11 is 0. The van der Waals surface area contributed by atoms with Crippen LogP contribution in [0.1, 0.15) is 90.4 Å². The number of carboxylic acid groups (broad SMARTS) is 2. The monoisotopic (exact) mass is 413 g/mol. The number of carbonyl (C=O) groups is 2. The number of rotatable bonds is 15. The molecule has 6 heteroatoms. The number of unbranched alkanes of at least 4 members (excludes halogenated alkanes) is 7. The van der Waals surface area contributed by atoms with E-state index in [1.807, 2.05) is 0 Å². The Labute approximate surface area is 176 Å². The van der Waals surface area contributed by atoms with Gasteiger partial charge in [0.25, 0.3) is 0 Å². The summed E-state index contributed by atoms with van der Waals surface area (Å²) in [5.41, 5.74) is 4.78. The SMILES string of the molecule is CCCCCCC1C=CC(CCCCCCCC(=O)O)CC1C(=O)O.NCCO. The molecular formula is C23H43NO5. The van der Waals surface area contributed by atoms with Crippen molar-refractivity contribution in [1.29, 1.82) is 0 Å². The molecule has 0 saturated heterocycles. The highest BCUT2D eigenvalue weighted by molar-refractivity contribution is 5.71. The van der Waals surface area contributed by atoms with Gasteiger partial charge in [-0.05, 0) is 37.5 Å². The Morgan fingerprint density at radius 3 is 2.10 bits per heavy atom. The maximum atomic E-state index is 11.6. The van der Waals surface area contributed by atoms with E-state index in [0.29, 0.717) is 12.5 Å². The van der Waals surface area contributed by atoms with Gasteiger partial charge in [-0.2, -0.15) is 0 Å². The van der Waals surface area contributed by atoms with Crippen LogP contribution in [-0.4, -0.2) is 40.4 Å². The van der Waals surface area contributed by atoms with Gasteiger partial charge in [0, 0.05) is 13.0 Å². The summed E-state index contributed by atoms with van der Waals surface area (Å²) in [7, 11) is 0. The Kier molecular flexibility index (Phi) is 17.7. The number of hydrogen-bond donors (Lipinski definition) is 4. The second-order valence-electron chi connectivity index (χ2n) is 8.05. The van der Waals surface area contributed by atoms with Crippen molar-refractivity contribution in [3.63, 3.8) is 0 Å². The molecule has 0 aliphatic heterocycles. The van der Waals surface area contributed by atoms with Gasteiger partial charge >= 0.3 is 11.9 Å². The van der Waals surface area contributed by atoms with Crippen LogP contribution in [0.5, 0.6) is 0 Å². The highest BCUT2D eigenvalue weighted by Crippen LogP contribution is 2.34. The van der Waals surface area contributed by atoms with Gasteiger partial charge in [0.15, 0.2) is 0 Å². The molecular weight excluding hydrogens is 370 g/mol. The van der Waals surface area contributed by atoms with Crippen LogP contribution < -0.4 is 5.73 Å². The summed E-state index contributed by atoms with van der Waals surface area (Å²) in [6.07, 6.45) is 17.4. The fourth-order valence-corrected chi connectivity index (χ4v) is 3.83. The quantitative estimate of drug-likeness (QED) is 0.230. The molecule has 0 spiro atoms. The minimum Gasteiger partial charge on any atom is -0.481 e. The number of aliphatic hydroxyl groups excluding tert-OH is 1. The lowest BCUT2D eigenvalue weighted by Crippen LogP contribution is -2.28. The van der Waals surface area contributed by atoms with Gasteiger partial charge < -0.3 is 21.1 Å². The predicted molar refractivity (Wildman–Crippen MR) is 117 cm³/mol. The molecule has 0 saturated carbocycles. The molecule has 0 radical (unpaired) electrons. The average molecular weight is 414 g/mol. The molecule has 3 atom stereocenters. The summed E-state index contributed by atoms with van der Waals surface area (Å²) in [6.45, 7) is 2.66. The predicted octanol–water partition coefficient (Wildman–Crippen LogP) is 4.60. The summed E-state index contributed by atoms with van der Waals surface area (Å²) < 4.78 is 0. The van der Waals surface area contributed by atoms with E-state index in [1.54, 1.807) is 0 Å². The molecule has 6 nitrogen and oxygen atoms in total. The van der Waals surface area contributed by atoms with Crippen LogP contribution >= 0.6 is 0 Å². The van der Waals surface area contributed by atoms with E-state index in [2.05, 4.69) is 19.1 Å². The zero-order valence-corrected chi connectivity index (χ0v) is 18.2. The van der Waals surface area contributed by atoms with Crippen LogP contribution in [0.15, 0.2) is 12.2 Å². The Bertz CT molecular complexity index is 451. The van der Waals surface area contributed by atoms with Crippen molar-refractivity contribution in [2.75, 3.05) is 13.2 Å². The molecule has 1 rings (SSSR count). The van der Waals surface area contributed by atoms with Crippen molar-refractivity contribution in [2.24, 2.45) is 23.5 Å². The molecule has 3 unspecified atom stereocenters. The first kappa shape index (κ1) is 27.6. The first-order valence-corrected chi connectivity index (χ1v) is 11.4. The average Bonchev–Trinajstić information content (AvgIpc) is 2.71. The molecule has 29 heavy (non-hydrogen) atoms. The van der Waals surface area contributed by atoms with Gasteiger partial charge in [-0.3, -0.25) is 9.59 Å². The Morgan fingerprint density at radius 1 is 0.931 bits per heavy atom. The number of nitrogens with two attached hydrogens (primary N) is 1. The standard InChI is InChI=1S/C21H36O4.C2H7NO/c1-2-3-4-9-12-18-15-14-17(16-19(18)21(24)25)11-8-6-5-7-10-13-20(22)23;3-1-2-4/h14-15,17-19H,2-13,16H2,1H3,(H,22,23)(H,24,25);4H,1-3H2. The normalized spacial score (nSPS) is 20.7. The fraction of sp³-hybridized carbons (Fsp3) is 0.826. The molecule has 170 valence electrons. The second kappa shape index (κ2) is 18.6. The van der Waals surface area contributed by atoms with Crippen LogP contribution in [0.3, 0.4) is 0 Å². The molecule has 0 aromatic rings. The lowest BCUT2D eigenvalue weighted by Gasteiger charge is -2.29. The third-order valence-electron chi connectivity index (χ3n) is 5.51. The number of hydrogen-bond acceptors (Lipinski definition) is 4. The van der Waals surface area contributed by atoms with Gasteiger partial charge in [0.1, 0.15) is 0 Å². The van der Waals surface area contributed by atoms with E-state index >= 15 is 0 Å². The van der Waals surface area contributed by atoms with Gasteiger partial charge in [0.2, 0.25) is 0 Å². The van der Waals surface area contributed by atoms with Crippen LogP contribution in [-0.2, 0) is 9.59 Å². The lowest BCUT2D eigenvalue weighted by molar-refractivity contribution is -0.144. The Morgan fingerprint density at radius 2 is 1.52 bits per heavy atom. The minimum atomic E-state index is -0.712. The van der Waals surface area contributed by atoms with E-state index in [0.717, 1.165) is 57.8 Å². The Balaban J connectivity index is 0.00000178. The molecule has 0 heterocycles. The molecule has 0 fully saturated rings. The molecule has 1 aliphatic rings. The molecule has 0 amide bonds. The second-order valence-corrected chi connectivity index (χ2v) is 8.05. The number of aliphatic carboxylic acids is 2. The van der Waals surface area contributed by atoms with Gasteiger partial charge in [-0.15, -0.1) is 0 Å². The molecule has 1 aliphatic carbocycles. The maximum Gasteiger partial charge on any atom is 0.307 e. The number of aliphatic hydroxyl groups is 1. The zero-order valence-electron chi connectivity index (χ0n) is 18.2. The first-order valence-electron chi connectivity index (χ1n) is 11.4. The van der Waals surface area contributed by atoms with Gasteiger partial charge in [0.05, 0.1) is 12.5 Å². The van der Waals surface area contributed by atoms with Crippen molar-refractivity contribution in [3.05, 3.63) is 12.2 Å². The van der Waals surface area contributed by atoms with E-state index in [1.165, 1.54) is 19.3 Å². The van der Waals surface area contributed by atoms with Gasteiger partial charge in [-0.25, -0.2) is 0 Å². The number of carboxylic acids is 2.